The normalized spacial score (nSPS) is 11.5. The molecular weight excluding hydrogens is 279 g/mol. The minimum absolute atomic E-state index is 0.464. The first-order valence-electron chi connectivity index (χ1n) is 7.27. The molecule has 0 radical (unpaired) electrons. The van der Waals surface area contributed by atoms with Crippen molar-refractivity contribution in [3.63, 3.8) is 0 Å². The van der Waals surface area contributed by atoms with Gasteiger partial charge in [-0.2, -0.15) is 0 Å². The number of hydrogen-bond acceptors (Lipinski definition) is 2. The van der Waals surface area contributed by atoms with Gasteiger partial charge in [-0.1, -0.05) is 35.9 Å². The lowest BCUT2D eigenvalue weighted by molar-refractivity contribution is 0.357. The molecule has 0 spiro atoms. The summed E-state index contributed by atoms with van der Waals surface area (Å²) in [6.07, 6.45) is 0.794. The molecule has 0 aliphatic carbocycles. The summed E-state index contributed by atoms with van der Waals surface area (Å²) in [5.41, 5.74) is 6.25. The van der Waals surface area contributed by atoms with Gasteiger partial charge in [-0.05, 0) is 55.0 Å². The first-order valence-corrected chi connectivity index (χ1v) is 8.45. The quantitative estimate of drug-likeness (QED) is 0.754. The highest BCUT2D eigenvalue weighted by Crippen LogP contribution is 2.26. The Morgan fingerprint density at radius 2 is 1.67 bits per heavy atom. The fraction of sp³-hybridized carbons (Fsp3) is 0.333. The second-order valence-electron chi connectivity index (χ2n) is 5.36. The Hall–Kier alpha value is -1.50. The van der Waals surface area contributed by atoms with E-state index in [0.717, 1.165) is 17.3 Å². The maximum absolute atomic E-state index is 12.2. The van der Waals surface area contributed by atoms with E-state index in [2.05, 4.69) is 32.9 Å². The third-order valence-corrected chi connectivity index (χ3v) is 4.96. The lowest BCUT2D eigenvalue weighted by Crippen LogP contribution is -2.09. The first-order chi connectivity index (χ1) is 10.0. The molecule has 0 fully saturated rings. The van der Waals surface area contributed by atoms with E-state index < -0.39 is 8.03 Å². The van der Waals surface area contributed by atoms with Gasteiger partial charge in [0.05, 0.1) is 0 Å². The van der Waals surface area contributed by atoms with Crippen LogP contribution < -0.4 is 5.30 Å². The van der Waals surface area contributed by atoms with E-state index in [1.165, 1.54) is 22.3 Å². The van der Waals surface area contributed by atoms with Gasteiger partial charge in [0, 0.05) is 12.0 Å². The SMILES string of the molecule is CCO[P+](=O)c1ccccc1Cc1c(C)cc(C)cc1C. The van der Waals surface area contributed by atoms with Crippen molar-refractivity contribution >= 4 is 13.3 Å². The standard InChI is InChI=1S/C18H22O2P/c1-5-20-21(19)18-9-7-6-8-16(18)12-17-14(3)10-13(2)11-15(17)4/h6-11H,5,12H2,1-4H3/q+1. The van der Waals surface area contributed by atoms with Crippen LogP contribution in [0.1, 0.15) is 34.7 Å². The highest BCUT2D eigenvalue weighted by Gasteiger charge is 2.25. The van der Waals surface area contributed by atoms with Gasteiger partial charge in [0.25, 0.3) is 0 Å². The number of benzene rings is 2. The van der Waals surface area contributed by atoms with Crippen molar-refractivity contribution in [3.8, 4) is 0 Å². The molecule has 1 unspecified atom stereocenters. The zero-order valence-electron chi connectivity index (χ0n) is 13.1. The average Bonchev–Trinajstić information content (AvgIpc) is 2.43. The summed E-state index contributed by atoms with van der Waals surface area (Å²) in [7, 11) is -1.77. The molecule has 2 aromatic carbocycles. The molecular formula is C18H22O2P+. The van der Waals surface area contributed by atoms with Crippen LogP contribution in [0.25, 0.3) is 0 Å². The van der Waals surface area contributed by atoms with Crippen LogP contribution in [0.4, 0.5) is 0 Å². The van der Waals surface area contributed by atoms with Gasteiger partial charge in [0.15, 0.2) is 0 Å². The van der Waals surface area contributed by atoms with E-state index >= 15 is 0 Å². The molecule has 1 atom stereocenters. The van der Waals surface area contributed by atoms with Crippen LogP contribution in [0, 0.1) is 20.8 Å². The number of aryl methyl sites for hydroxylation is 3. The summed E-state index contributed by atoms with van der Waals surface area (Å²) in [5.74, 6) is 0. The minimum Gasteiger partial charge on any atom is -0.142 e. The van der Waals surface area contributed by atoms with Gasteiger partial charge in [-0.3, -0.25) is 0 Å². The van der Waals surface area contributed by atoms with Crippen molar-refractivity contribution in [1.82, 2.24) is 0 Å². The van der Waals surface area contributed by atoms with Crippen molar-refractivity contribution in [2.75, 3.05) is 6.61 Å². The van der Waals surface area contributed by atoms with E-state index in [0.29, 0.717) is 6.61 Å². The Labute approximate surface area is 128 Å². The fourth-order valence-electron chi connectivity index (χ4n) is 2.70. The summed E-state index contributed by atoms with van der Waals surface area (Å²) in [6.45, 7) is 8.72. The smallest absolute Gasteiger partial charge is 0.142 e. The summed E-state index contributed by atoms with van der Waals surface area (Å²) < 4.78 is 17.5. The van der Waals surface area contributed by atoms with Crippen LogP contribution in [-0.4, -0.2) is 6.61 Å². The van der Waals surface area contributed by atoms with Gasteiger partial charge in [-0.15, -0.1) is 4.52 Å². The minimum atomic E-state index is -1.77. The number of hydrogen-bond donors (Lipinski definition) is 0. The zero-order chi connectivity index (χ0) is 15.4. The molecule has 21 heavy (non-hydrogen) atoms. The summed E-state index contributed by atoms with van der Waals surface area (Å²) >= 11 is 0. The van der Waals surface area contributed by atoms with Crippen LogP contribution in [0.3, 0.4) is 0 Å². The third kappa shape index (κ3) is 3.78. The highest BCUT2D eigenvalue weighted by atomic mass is 31.1. The molecule has 0 aliphatic rings. The fourth-order valence-corrected chi connectivity index (χ4v) is 3.67. The van der Waals surface area contributed by atoms with Crippen molar-refractivity contribution in [1.29, 1.82) is 0 Å². The molecule has 0 saturated carbocycles. The second-order valence-corrected chi connectivity index (χ2v) is 6.61. The van der Waals surface area contributed by atoms with Gasteiger partial charge >= 0.3 is 8.03 Å². The molecule has 0 N–H and O–H groups in total. The largest absolute Gasteiger partial charge is 0.548 e. The molecule has 2 nitrogen and oxygen atoms in total. The second kappa shape index (κ2) is 6.98. The molecule has 110 valence electrons. The summed E-state index contributed by atoms with van der Waals surface area (Å²) in [5, 5.41) is 0.814. The van der Waals surface area contributed by atoms with E-state index in [-0.39, 0.29) is 0 Å². The monoisotopic (exact) mass is 301 g/mol. The van der Waals surface area contributed by atoms with Gasteiger partial charge in [-0.25, -0.2) is 0 Å². The highest BCUT2D eigenvalue weighted by molar-refractivity contribution is 7.48. The average molecular weight is 301 g/mol. The Morgan fingerprint density at radius 3 is 2.29 bits per heavy atom. The zero-order valence-corrected chi connectivity index (χ0v) is 14.0. The topological polar surface area (TPSA) is 26.3 Å². The predicted molar refractivity (Wildman–Crippen MR) is 88.8 cm³/mol. The molecule has 3 heteroatoms. The van der Waals surface area contributed by atoms with E-state index in [9.17, 15) is 4.57 Å². The lowest BCUT2D eigenvalue weighted by Gasteiger charge is -2.11. The maximum Gasteiger partial charge on any atom is 0.548 e. The van der Waals surface area contributed by atoms with Crippen molar-refractivity contribution < 1.29 is 9.09 Å². The molecule has 0 bridgehead atoms. The molecule has 0 heterocycles. The summed E-state index contributed by atoms with van der Waals surface area (Å²) in [4.78, 5) is 0. The molecule has 0 saturated heterocycles. The van der Waals surface area contributed by atoms with Gasteiger partial charge in [0.1, 0.15) is 6.61 Å². The first kappa shape index (κ1) is 15.9. The molecule has 0 amide bonds. The molecule has 0 aromatic heterocycles. The van der Waals surface area contributed by atoms with Crippen molar-refractivity contribution in [3.05, 3.63) is 64.2 Å². The Kier molecular flexibility index (Phi) is 5.27. The van der Waals surface area contributed by atoms with Crippen molar-refractivity contribution in [2.45, 2.75) is 34.1 Å². The lowest BCUT2D eigenvalue weighted by atomic mass is 9.94. The van der Waals surface area contributed by atoms with E-state index in [4.69, 9.17) is 4.52 Å². The van der Waals surface area contributed by atoms with Gasteiger partial charge < -0.3 is 0 Å². The Bertz CT molecular complexity index is 639. The number of rotatable bonds is 5. The predicted octanol–water partition coefficient (Wildman–Crippen LogP) is 4.61. The third-order valence-electron chi connectivity index (χ3n) is 3.64. The van der Waals surface area contributed by atoms with E-state index in [1.807, 2.05) is 31.2 Å². The van der Waals surface area contributed by atoms with Crippen LogP contribution in [0.15, 0.2) is 36.4 Å². The Balaban J connectivity index is 2.39. The Morgan fingerprint density at radius 1 is 1.05 bits per heavy atom. The molecule has 2 aromatic rings. The maximum atomic E-state index is 12.2. The van der Waals surface area contributed by atoms with Crippen LogP contribution in [-0.2, 0) is 15.5 Å². The van der Waals surface area contributed by atoms with Crippen LogP contribution in [0.2, 0.25) is 0 Å². The van der Waals surface area contributed by atoms with Crippen molar-refractivity contribution in [2.24, 2.45) is 0 Å². The van der Waals surface area contributed by atoms with Crippen LogP contribution >= 0.6 is 8.03 Å². The van der Waals surface area contributed by atoms with Gasteiger partial charge in [0.2, 0.25) is 5.30 Å². The molecule has 0 aliphatic heterocycles. The molecule has 2 rings (SSSR count). The summed E-state index contributed by atoms with van der Waals surface area (Å²) in [6, 6.07) is 12.3. The van der Waals surface area contributed by atoms with E-state index in [1.54, 1.807) is 0 Å². The van der Waals surface area contributed by atoms with Crippen LogP contribution in [0.5, 0.6) is 0 Å².